The summed E-state index contributed by atoms with van der Waals surface area (Å²) in [5.41, 5.74) is 0.200. The Kier molecular flexibility index (Phi) is 2.36. The third-order valence-electron chi connectivity index (χ3n) is 3.72. The van der Waals surface area contributed by atoms with Gasteiger partial charge in [0.05, 0.1) is 12.9 Å². The minimum absolute atomic E-state index is 0.188. The lowest BCUT2D eigenvalue weighted by molar-refractivity contribution is 0.272. The maximum atomic E-state index is 11.3. The van der Waals surface area contributed by atoms with Crippen LogP contribution in [0.4, 0.5) is 0 Å². The molecular formula is C9H17NO3S. The lowest BCUT2D eigenvalue weighted by Crippen LogP contribution is -2.30. The monoisotopic (exact) mass is 219 g/mol. The van der Waals surface area contributed by atoms with Gasteiger partial charge in [-0.05, 0) is 38.8 Å². The Morgan fingerprint density at radius 1 is 1.57 bits per heavy atom. The summed E-state index contributed by atoms with van der Waals surface area (Å²) in [6.07, 6.45) is 3.36. The van der Waals surface area contributed by atoms with E-state index in [1.807, 2.05) is 0 Å². The van der Waals surface area contributed by atoms with Crippen LogP contribution in [0.3, 0.4) is 0 Å². The van der Waals surface area contributed by atoms with Gasteiger partial charge in [-0.3, -0.25) is 4.18 Å². The topological polar surface area (TPSA) is 46.6 Å². The average Bonchev–Trinajstić information content (AvgIpc) is 2.66. The highest BCUT2D eigenvalue weighted by atomic mass is 32.2. The molecule has 82 valence electrons. The summed E-state index contributed by atoms with van der Waals surface area (Å²) >= 11 is 0. The van der Waals surface area contributed by atoms with Gasteiger partial charge in [0.1, 0.15) is 0 Å². The van der Waals surface area contributed by atoms with Crippen LogP contribution < -0.4 is 0 Å². The van der Waals surface area contributed by atoms with Gasteiger partial charge >= 0.3 is 0 Å². The molecule has 1 aliphatic carbocycles. The van der Waals surface area contributed by atoms with Crippen LogP contribution in [0.15, 0.2) is 0 Å². The third-order valence-corrected chi connectivity index (χ3v) is 5.04. The van der Waals surface area contributed by atoms with Gasteiger partial charge in [-0.1, -0.05) is 0 Å². The van der Waals surface area contributed by atoms with Crippen molar-refractivity contribution in [1.82, 2.24) is 4.90 Å². The Hall–Kier alpha value is -0.130. The van der Waals surface area contributed by atoms with Crippen molar-refractivity contribution in [2.24, 2.45) is 5.92 Å². The summed E-state index contributed by atoms with van der Waals surface area (Å²) in [6.45, 7) is 1.10. The van der Waals surface area contributed by atoms with Gasteiger partial charge in [0, 0.05) is 5.54 Å². The van der Waals surface area contributed by atoms with Crippen LogP contribution in [0.25, 0.3) is 0 Å². The van der Waals surface area contributed by atoms with E-state index >= 15 is 0 Å². The molecule has 1 aliphatic heterocycles. The van der Waals surface area contributed by atoms with Crippen LogP contribution in [0, 0.1) is 5.92 Å². The molecule has 5 heteroatoms. The standard InChI is InChI=1S/C9H17NO3S/c1-10-5-3-4-9(10)6-8(9)7-14(11,12)13-2/h8H,3-7H2,1-2H3. The number of nitrogens with zero attached hydrogens (tertiary/aromatic N) is 1. The zero-order valence-electron chi connectivity index (χ0n) is 8.69. The molecule has 2 rings (SSSR count). The first-order valence-electron chi connectivity index (χ1n) is 5.00. The lowest BCUT2D eigenvalue weighted by Gasteiger charge is -2.19. The van der Waals surface area contributed by atoms with Crippen molar-refractivity contribution in [3.05, 3.63) is 0 Å². The number of hydrogen-bond donors (Lipinski definition) is 0. The van der Waals surface area contributed by atoms with Crippen LogP contribution in [0.2, 0.25) is 0 Å². The van der Waals surface area contributed by atoms with Crippen LogP contribution in [0.1, 0.15) is 19.3 Å². The molecule has 0 aromatic carbocycles. The van der Waals surface area contributed by atoms with Gasteiger partial charge in [0.25, 0.3) is 10.1 Å². The minimum Gasteiger partial charge on any atom is -0.300 e. The predicted molar refractivity (Wildman–Crippen MR) is 53.5 cm³/mol. The van der Waals surface area contributed by atoms with Gasteiger partial charge in [-0.2, -0.15) is 8.42 Å². The van der Waals surface area contributed by atoms with E-state index in [-0.39, 0.29) is 11.3 Å². The number of rotatable bonds is 3. The fourth-order valence-electron chi connectivity index (χ4n) is 2.71. The van der Waals surface area contributed by atoms with Gasteiger partial charge in [-0.25, -0.2) is 0 Å². The van der Waals surface area contributed by atoms with E-state index in [2.05, 4.69) is 16.1 Å². The third kappa shape index (κ3) is 1.57. The van der Waals surface area contributed by atoms with Crippen molar-refractivity contribution in [2.75, 3.05) is 26.5 Å². The zero-order chi connectivity index (χ0) is 10.4. The predicted octanol–water partition coefficient (Wildman–Crippen LogP) is 0.447. The Bertz CT molecular complexity index is 327. The van der Waals surface area contributed by atoms with E-state index in [0.717, 1.165) is 19.4 Å². The van der Waals surface area contributed by atoms with E-state index in [4.69, 9.17) is 0 Å². The van der Waals surface area contributed by atoms with Gasteiger partial charge in [0.15, 0.2) is 0 Å². The summed E-state index contributed by atoms with van der Waals surface area (Å²) in [4.78, 5) is 2.31. The quantitative estimate of drug-likeness (QED) is 0.646. The maximum Gasteiger partial charge on any atom is 0.267 e. The Morgan fingerprint density at radius 2 is 2.29 bits per heavy atom. The summed E-state index contributed by atoms with van der Waals surface area (Å²) in [6, 6.07) is 0. The van der Waals surface area contributed by atoms with Gasteiger partial charge in [-0.15, -0.1) is 0 Å². The fourth-order valence-corrected chi connectivity index (χ4v) is 3.76. The Morgan fingerprint density at radius 3 is 2.79 bits per heavy atom. The van der Waals surface area contributed by atoms with Crippen LogP contribution >= 0.6 is 0 Å². The molecule has 1 saturated carbocycles. The molecule has 0 bridgehead atoms. The molecule has 2 atom stereocenters. The molecule has 0 radical (unpaired) electrons. The molecule has 2 aliphatic rings. The highest BCUT2D eigenvalue weighted by Gasteiger charge is 2.59. The van der Waals surface area contributed by atoms with E-state index in [1.165, 1.54) is 13.5 Å². The van der Waals surface area contributed by atoms with Crippen molar-refractivity contribution in [3.63, 3.8) is 0 Å². The van der Waals surface area contributed by atoms with Gasteiger partial charge < -0.3 is 4.90 Å². The van der Waals surface area contributed by atoms with Crippen molar-refractivity contribution in [3.8, 4) is 0 Å². The van der Waals surface area contributed by atoms with Gasteiger partial charge in [0.2, 0.25) is 0 Å². The average molecular weight is 219 g/mol. The minimum atomic E-state index is -3.27. The largest absolute Gasteiger partial charge is 0.300 e. The van der Waals surface area contributed by atoms with E-state index in [1.54, 1.807) is 0 Å². The first-order chi connectivity index (χ1) is 6.50. The molecule has 1 spiro atoms. The van der Waals surface area contributed by atoms with Crippen molar-refractivity contribution < 1.29 is 12.6 Å². The highest BCUT2D eigenvalue weighted by Crippen LogP contribution is 2.54. The second-order valence-electron chi connectivity index (χ2n) is 4.42. The van der Waals surface area contributed by atoms with Crippen LogP contribution in [-0.4, -0.2) is 45.3 Å². The summed E-state index contributed by atoms with van der Waals surface area (Å²) in [5, 5.41) is 0. The Labute approximate surface area is 85.4 Å². The first kappa shape index (κ1) is 10.4. The second-order valence-corrected chi connectivity index (χ2v) is 6.20. The van der Waals surface area contributed by atoms with Crippen molar-refractivity contribution in [1.29, 1.82) is 0 Å². The fraction of sp³-hybridized carbons (Fsp3) is 1.00. The van der Waals surface area contributed by atoms with E-state index < -0.39 is 10.1 Å². The molecular weight excluding hydrogens is 202 g/mol. The molecule has 0 amide bonds. The zero-order valence-corrected chi connectivity index (χ0v) is 9.51. The molecule has 1 saturated heterocycles. The second kappa shape index (κ2) is 3.18. The molecule has 14 heavy (non-hydrogen) atoms. The van der Waals surface area contributed by atoms with Crippen molar-refractivity contribution >= 4 is 10.1 Å². The first-order valence-corrected chi connectivity index (χ1v) is 6.57. The normalized spacial score (nSPS) is 38.0. The molecule has 4 nitrogen and oxygen atoms in total. The maximum absolute atomic E-state index is 11.3. The number of likely N-dealkylation sites (tertiary alicyclic amines) is 1. The van der Waals surface area contributed by atoms with E-state index in [0.29, 0.717) is 5.92 Å². The molecule has 0 aromatic rings. The molecule has 2 unspecified atom stereocenters. The smallest absolute Gasteiger partial charge is 0.267 e. The summed E-state index contributed by atoms with van der Waals surface area (Å²) < 4.78 is 27.0. The molecule has 2 fully saturated rings. The lowest BCUT2D eigenvalue weighted by atomic mass is 10.1. The molecule has 0 N–H and O–H groups in total. The number of hydrogen-bond acceptors (Lipinski definition) is 4. The SMILES string of the molecule is COS(=O)(=O)CC1CC12CCCN2C. The van der Waals surface area contributed by atoms with Crippen molar-refractivity contribution in [2.45, 2.75) is 24.8 Å². The molecule has 0 aromatic heterocycles. The highest BCUT2D eigenvalue weighted by molar-refractivity contribution is 7.86. The van der Waals surface area contributed by atoms with Crippen LogP contribution in [0.5, 0.6) is 0 Å². The summed E-state index contributed by atoms with van der Waals surface area (Å²) in [5.74, 6) is 0.480. The summed E-state index contributed by atoms with van der Waals surface area (Å²) in [7, 11) is 0.0588. The van der Waals surface area contributed by atoms with E-state index in [9.17, 15) is 8.42 Å². The Balaban J connectivity index is 1.99. The van der Waals surface area contributed by atoms with Crippen LogP contribution in [-0.2, 0) is 14.3 Å². The molecule has 1 heterocycles.